The second kappa shape index (κ2) is 12.8. The molecule has 3 aliphatic carbocycles. The fraction of sp³-hybridized carbons (Fsp3) is 0.127. The molecule has 1 nitrogen and oxygen atoms in total. The highest BCUT2D eigenvalue weighted by molar-refractivity contribution is 5.90. The molecule has 0 saturated heterocycles. The Kier molecular flexibility index (Phi) is 7.80. The van der Waals surface area contributed by atoms with Crippen LogP contribution in [-0.4, -0.2) is 0 Å². The van der Waals surface area contributed by atoms with Crippen molar-refractivity contribution in [2.75, 3.05) is 5.32 Å². The summed E-state index contributed by atoms with van der Waals surface area (Å²) in [4.78, 5) is 0. The maximum Gasteiger partial charge on any atom is 0.0720 e. The third-order valence-corrected chi connectivity index (χ3v) is 12.8. The van der Waals surface area contributed by atoms with Crippen LogP contribution in [0.15, 0.2) is 188 Å². The zero-order valence-corrected chi connectivity index (χ0v) is 32.5. The fourth-order valence-electron chi connectivity index (χ4n) is 10.1. The van der Waals surface area contributed by atoms with Crippen LogP contribution in [0.1, 0.15) is 83.3 Å². The first-order valence-electron chi connectivity index (χ1n) is 19.9. The Bertz CT molecular complexity index is 2720. The van der Waals surface area contributed by atoms with Crippen molar-refractivity contribution in [3.63, 3.8) is 0 Å². The molecule has 1 heteroatoms. The van der Waals surface area contributed by atoms with E-state index in [-0.39, 0.29) is 10.8 Å². The van der Waals surface area contributed by atoms with Crippen LogP contribution < -0.4 is 5.32 Å². The molecule has 0 saturated carbocycles. The molecular weight excluding hydrogens is 675 g/mol. The van der Waals surface area contributed by atoms with Gasteiger partial charge in [0.25, 0.3) is 0 Å². The summed E-state index contributed by atoms with van der Waals surface area (Å²) >= 11 is 0. The quantitative estimate of drug-likeness (QED) is 0.169. The van der Waals surface area contributed by atoms with E-state index in [4.69, 9.17) is 0 Å². The Morgan fingerprint density at radius 1 is 0.429 bits per heavy atom. The molecule has 0 fully saturated rings. The Balaban J connectivity index is 1.02. The van der Waals surface area contributed by atoms with E-state index in [9.17, 15) is 0 Å². The van der Waals surface area contributed by atoms with Gasteiger partial charge in [-0.15, -0.1) is 0 Å². The number of anilines is 1. The Labute approximate surface area is 331 Å². The lowest BCUT2D eigenvalue weighted by Gasteiger charge is -2.46. The van der Waals surface area contributed by atoms with Gasteiger partial charge in [-0.25, -0.2) is 0 Å². The highest BCUT2D eigenvalue weighted by Gasteiger charge is 2.53. The molecule has 0 amide bonds. The molecule has 3 aliphatic rings. The second-order valence-electron chi connectivity index (χ2n) is 16.6. The van der Waals surface area contributed by atoms with Crippen LogP contribution in [0.4, 0.5) is 5.69 Å². The van der Waals surface area contributed by atoms with Crippen LogP contribution in [0.3, 0.4) is 0 Å². The molecule has 7 aromatic rings. The van der Waals surface area contributed by atoms with Gasteiger partial charge >= 0.3 is 0 Å². The average Bonchev–Trinajstić information content (AvgIpc) is 3.65. The third-order valence-electron chi connectivity index (χ3n) is 12.8. The van der Waals surface area contributed by atoms with E-state index >= 15 is 0 Å². The van der Waals surface area contributed by atoms with Crippen LogP contribution in [0.5, 0.6) is 0 Å². The summed E-state index contributed by atoms with van der Waals surface area (Å²) in [6.45, 7) is 9.42. The van der Waals surface area contributed by atoms with Crippen molar-refractivity contribution in [3.8, 4) is 22.3 Å². The van der Waals surface area contributed by atoms with Crippen molar-refractivity contribution in [1.29, 1.82) is 0 Å². The normalized spacial score (nSPS) is 16.2. The number of rotatable bonds is 6. The zero-order chi connectivity index (χ0) is 38.1. The zero-order valence-electron chi connectivity index (χ0n) is 32.5. The highest BCUT2D eigenvalue weighted by atomic mass is 14.8. The van der Waals surface area contributed by atoms with E-state index in [1.807, 2.05) is 0 Å². The molecule has 1 spiro atoms. The summed E-state index contributed by atoms with van der Waals surface area (Å²) in [6, 6.07) is 60.6. The first kappa shape index (κ1) is 34.1. The predicted molar refractivity (Wildman–Crippen MR) is 236 cm³/mol. The van der Waals surface area contributed by atoms with Crippen LogP contribution in [0.2, 0.25) is 0 Å². The first-order chi connectivity index (χ1) is 27.3. The molecule has 270 valence electrons. The lowest BCUT2D eigenvalue weighted by Crippen LogP contribution is -2.40. The summed E-state index contributed by atoms with van der Waals surface area (Å²) in [5, 5.41) is 3.75. The van der Waals surface area contributed by atoms with Crippen molar-refractivity contribution < 1.29 is 0 Å². The summed E-state index contributed by atoms with van der Waals surface area (Å²) < 4.78 is 0. The molecule has 10 rings (SSSR count). The third kappa shape index (κ3) is 5.00. The molecule has 0 atom stereocenters. The van der Waals surface area contributed by atoms with E-state index in [0.717, 1.165) is 16.8 Å². The standard InChI is InChI=1S/C55H45N/c1-53(2)45-24-12-10-22-41(45)43-32-30-37(34-51(43)53)18-8-9-21-39(38-19-6-5-7-20-38)36-56-40-31-33-44-42-23-11-13-25-46(42)55(52(44)35-40)49-28-16-14-26-47(49)54(3,4)48-27-15-17-29-50(48)55/h5-36,56H,1-4H3/b18-8-,21-9-,39-36-. The maximum atomic E-state index is 3.75. The summed E-state index contributed by atoms with van der Waals surface area (Å²) in [5.74, 6) is 0. The summed E-state index contributed by atoms with van der Waals surface area (Å²) in [5.41, 5.74) is 20.3. The summed E-state index contributed by atoms with van der Waals surface area (Å²) in [7, 11) is 0. The molecule has 0 bridgehead atoms. The lowest BCUT2D eigenvalue weighted by molar-refractivity contribution is 0.563. The smallest absolute Gasteiger partial charge is 0.0720 e. The van der Waals surface area contributed by atoms with E-state index in [2.05, 4.69) is 227 Å². The Hall–Kier alpha value is -6.44. The molecule has 1 N–H and O–H groups in total. The molecule has 0 aliphatic heterocycles. The van der Waals surface area contributed by atoms with Gasteiger partial charge in [0, 0.05) is 22.7 Å². The van der Waals surface area contributed by atoms with Gasteiger partial charge in [0.2, 0.25) is 0 Å². The van der Waals surface area contributed by atoms with Gasteiger partial charge in [0.1, 0.15) is 0 Å². The maximum absolute atomic E-state index is 3.75. The van der Waals surface area contributed by atoms with Gasteiger partial charge in [-0.1, -0.05) is 204 Å². The Morgan fingerprint density at radius 2 is 0.946 bits per heavy atom. The minimum Gasteiger partial charge on any atom is -0.361 e. The fourth-order valence-corrected chi connectivity index (χ4v) is 10.1. The number of benzene rings is 7. The minimum absolute atomic E-state index is 0.0131. The van der Waals surface area contributed by atoms with Crippen molar-refractivity contribution in [1.82, 2.24) is 0 Å². The topological polar surface area (TPSA) is 12.0 Å². The SMILES string of the molecule is CC1(C)c2ccccc2-c2ccc(\C=C/C=C\C(=C\Nc3ccc4c(c3)C3(c5ccccc5-4)c4ccccc4C(C)(C)c4ccccc43)c3ccccc3)cc21. The minimum atomic E-state index is -0.418. The number of nitrogens with one attached hydrogen (secondary N) is 1. The molecule has 7 aromatic carbocycles. The van der Waals surface area contributed by atoms with Crippen molar-refractivity contribution in [3.05, 3.63) is 244 Å². The number of allylic oxidation sites excluding steroid dienone is 4. The van der Waals surface area contributed by atoms with Crippen molar-refractivity contribution in [2.24, 2.45) is 0 Å². The molecule has 0 unspecified atom stereocenters. The number of hydrogen-bond donors (Lipinski definition) is 1. The largest absolute Gasteiger partial charge is 0.361 e. The van der Waals surface area contributed by atoms with Crippen LogP contribution in [-0.2, 0) is 16.2 Å². The Morgan fingerprint density at radius 3 is 1.64 bits per heavy atom. The number of fused-ring (bicyclic) bond motifs is 12. The van der Waals surface area contributed by atoms with Crippen LogP contribution in [0.25, 0.3) is 33.9 Å². The van der Waals surface area contributed by atoms with E-state index in [1.165, 1.54) is 72.3 Å². The van der Waals surface area contributed by atoms with Gasteiger partial charge in [-0.2, -0.15) is 0 Å². The van der Waals surface area contributed by atoms with E-state index in [0.29, 0.717) is 0 Å². The molecular formula is C55H45N. The van der Waals surface area contributed by atoms with Gasteiger partial charge in [-0.3, -0.25) is 0 Å². The van der Waals surface area contributed by atoms with E-state index < -0.39 is 5.41 Å². The molecule has 0 radical (unpaired) electrons. The van der Waals surface area contributed by atoms with Crippen LogP contribution in [0, 0.1) is 0 Å². The highest BCUT2D eigenvalue weighted by Crippen LogP contribution is 2.62. The van der Waals surface area contributed by atoms with Crippen molar-refractivity contribution >= 4 is 17.3 Å². The average molecular weight is 720 g/mol. The monoisotopic (exact) mass is 719 g/mol. The predicted octanol–water partition coefficient (Wildman–Crippen LogP) is 13.7. The van der Waals surface area contributed by atoms with E-state index in [1.54, 1.807) is 0 Å². The van der Waals surface area contributed by atoms with Gasteiger partial charge in [0.05, 0.1) is 5.41 Å². The molecule has 0 heterocycles. The van der Waals surface area contributed by atoms with Gasteiger partial charge in [-0.05, 0) is 95.6 Å². The van der Waals surface area contributed by atoms with Crippen LogP contribution >= 0.6 is 0 Å². The van der Waals surface area contributed by atoms with Crippen molar-refractivity contribution in [2.45, 2.75) is 43.9 Å². The second-order valence-corrected chi connectivity index (χ2v) is 16.6. The number of hydrogen-bond acceptors (Lipinski definition) is 1. The first-order valence-corrected chi connectivity index (χ1v) is 19.9. The molecule has 56 heavy (non-hydrogen) atoms. The van der Waals surface area contributed by atoms with Gasteiger partial charge < -0.3 is 5.32 Å². The molecule has 0 aromatic heterocycles. The lowest BCUT2D eigenvalue weighted by atomic mass is 9.55. The summed E-state index contributed by atoms with van der Waals surface area (Å²) in [6.07, 6.45) is 10.9. The van der Waals surface area contributed by atoms with Gasteiger partial charge in [0.15, 0.2) is 0 Å².